The third-order valence-electron chi connectivity index (χ3n) is 1.34. The maximum absolute atomic E-state index is 10.4. The molecule has 2 N–H and O–H groups in total. The molecule has 64 valence electrons. The Kier molecular flexibility index (Phi) is 2.61. The van der Waals surface area contributed by atoms with Crippen LogP contribution in [-0.2, 0) is 10.1 Å². The average molecular weight is 179 g/mol. The van der Waals surface area contributed by atoms with E-state index in [2.05, 4.69) is 0 Å². The molecule has 0 aliphatic carbocycles. The monoisotopic (exact) mass is 179 g/mol. The minimum atomic E-state index is -4.72. The van der Waals surface area contributed by atoms with Crippen LogP contribution in [0.1, 0.15) is 13.8 Å². The lowest BCUT2D eigenvalue weighted by atomic mass is 10.1. The maximum atomic E-state index is 10.4. The second-order valence-corrected chi connectivity index (χ2v) is 4.01. The lowest BCUT2D eigenvalue weighted by Crippen LogP contribution is -2.41. The van der Waals surface area contributed by atoms with E-state index in [0.717, 1.165) is 6.07 Å². The largest absolute Gasteiger partial charge is 0.361 e. The van der Waals surface area contributed by atoms with Gasteiger partial charge in [0.1, 0.15) is 6.07 Å². The van der Waals surface area contributed by atoms with Crippen molar-refractivity contribution in [2.24, 2.45) is 5.92 Å². The predicted molar refractivity (Wildman–Crippen MR) is 36.9 cm³/mol. The first-order valence-electron chi connectivity index (χ1n) is 2.86. The van der Waals surface area contributed by atoms with Gasteiger partial charge in [0.05, 0.1) is 0 Å². The van der Waals surface area contributed by atoms with Gasteiger partial charge in [0, 0.05) is 5.92 Å². The minimum absolute atomic E-state index is 0.873. The van der Waals surface area contributed by atoms with Gasteiger partial charge in [-0.05, 0) is 0 Å². The molecular weight excluding hydrogens is 170 g/mol. The fourth-order valence-corrected chi connectivity index (χ4v) is 1.20. The highest BCUT2D eigenvalue weighted by Gasteiger charge is 2.44. The highest BCUT2D eigenvalue weighted by molar-refractivity contribution is 7.87. The van der Waals surface area contributed by atoms with Gasteiger partial charge in [-0.3, -0.25) is 4.55 Å². The number of hydrogen-bond donors (Lipinski definition) is 2. The van der Waals surface area contributed by atoms with Gasteiger partial charge in [-0.25, -0.2) is 0 Å². The molecule has 0 aliphatic heterocycles. The van der Waals surface area contributed by atoms with E-state index in [9.17, 15) is 8.42 Å². The van der Waals surface area contributed by atoms with Gasteiger partial charge in [-0.2, -0.15) is 13.7 Å². The molecular formula is C5H9NO4S. The lowest BCUT2D eigenvalue weighted by Gasteiger charge is -2.19. The average Bonchev–Trinajstić information content (AvgIpc) is 1.83. The summed E-state index contributed by atoms with van der Waals surface area (Å²) < 4.78 is 29.2. The fourth-order valence-electron chi connectivity index (χ4n) is 0.485. The van der Waals surface area contributed by atoms with Crippen molar-refractivity contribution in [2.75, 3.05) is 0 Å². The molecule has 5 nitrogen and oxygen atoms in total. The Labute approximate surface area is 65.0 Å². The summed E-state index contributed by atoms with van der Waals surface area (Å²) in [4.78, 5) is -2.69. The van der Waals surface area contributed by atoms with Gasteiger partial charge in [-0.1, -0.05) is 13.8 Å². The number of nitrogens with zero attached hydrogens (tertiary/aromatic N) is 1. The third kappa shape index (κ3) is 1.68. The molecule has 0 rings (SSSR count). The van der Waals surface area contributed by atoms with Crippen molar-refractivity contribution in [2.45, 2.75) is 18.8 Å². The molecule has 0 saturated heterocycles. The quantitative estimate of drug-likeness (QED) is 0.449. The smallest absolute Gasteiger partial charge is 0.309 e. The highest BCUT2D eigenvalue weighted by atomic mass is 32.2. The molecule has 0 heterocycles. The standard InChI is InChI=1S/C5H9NO4S/c1-4(2)5(7,3-6)11(8,9)10/h4,7H,1-2H3,(H,8,9,10). The maximum Gasteiger partial charge on any atom is 0.309 e. The Morgan fingerprint density at radius 3 is 1.91 bits per heavy atom. The molecule has 0 amide bonds. The molecule has 0 spiro atoms. The van der Waals surface area contributed by atoms with Crippen LogP contribution < -0.4 is 0 Å². The van der Waals surface area contributed by atoms with Crippen LogP contribution in [0.5, 0.6) is 0 Å². The van der Waals surface area contributed by atoms with E-state index >= 15 is 0 Å². The zero-order valence-corrected chi connectivity index (χ0v) is 6.96. The molecule has 1 atom stereocenters. The second kappa shape index (κ2) is 2.77. The first-order chi connectivity index (χ1) is 4.75. The molecule has 11 heavy (non-hydrogen) atoms. The predicted octanol–water partition coefficient (Wildman–Crippen LogP) is -0.258. The molecule has 0 radical (unpaired) electrons. The first kappa shape index (κ1) is 10.4. The van der Waals surface area contributed by atoms with Crippen LogP contribution in [0.25, 0.3) is 0 Å². The van der Waals surface area contributed by atoms with E-state index in [-0.39, 0.29) is 0 Å². The molecule has 0 saturated carbocycles. The lowest BCUT2D eigenvalue weighted by molar-refractivity contribution is 0.120. The van der Waals surface area contributed by atoms with Crippen molar-refractivity contribution in [3.05, 3.63) is 0 Å². The van der Waals surface area contributed by atoms with Crippen LogP contribution in [0, 0.1) is 17.2 Å². The van der Waals surface area contributed by atoms with Crippen LogP contribution in [0.2, 0.25) is 0 Å². The fraction of sp³-hybridized carbons (Fsp3) is 0.800. The Bertz CT molecular complexity index is 275. The van der Waals surface area contributed by atoms with Crippen LogP contribution in [0.15, 0.2) is 0 Å². The summed E-state index contributed by atoms with van der Waals surface area (Å²) in [5.41, 5.74) is 0. The number of nitriles is 1. The van der Waals surface area contributed by atoms with Crippen LogP contribution in [0.3, 0.4) is 0 Å². The van der Waals surface area contributed by atoms with Gasteiger partial charge in [0.25, 0.3) is 4.93 Å². The molecule has 0 aliphatic rings. The summed E-state index contributed by atoms with van der Waals surface area (Å²) in [6, 6.07) is 1.14. The zero-order chi connectivity index (χ0) is 9.28. The summed E-state index contributed by atoms with van der Waals surface area (Å²) >= 11 is 0. The van der Waals surface area contributed by atoms with Crippen molar-refractivity contribution in [3.63, 3.8) is 0 Å². The topological polar surface area (TPSA) is 98.4 Å². The van der Waals surface area contributed by atoms with Crippen molar-refractivity contribution in [1.82, 2.24) is 0 Å². The summed E-state index contributed by atoms with van der Waals surface area (Å²) in [6.07, 6.45) is 0. The van der Waals surface area contributed by atoms with E-state index in [1.807, 2.05) is 0 Å². The molecule has 0 bridgehead atoms. The van der Waals surface area contributed by atoms with E-state index in [0.29, 0.717) is 0 Å². The highest BCUT2D eigenvalue weighted by Crippen LogP contribution is 2.21. The molecule has 0 aromatic carbocycles. The molecule has 0 aromatic rings. The first-order valence-corrected chi connectivity index (χ1v) is 4.30. The number of rotatable bonds is 2. The van der Waals surface area contributed by atoms with Crippen molar-refractivity contribution in [3.8, 4) is 6.07 Å². The molecule has 1 unspecified atom stereocenters. The van der Waals surface area contributed by atoms with Crippen LogP contribution in [-0.4, -0.2) is 23.0 Å². The van der Waals surface area contributed by atoms with E-state index in [1.165, 1.54) is 13.8 Å². The molecule has 0 fully saturated rings. The minimum Gasteiger partial charge on any atom is -0.361 e. The van der Waals surface area contributed by atoms with Crippen molar-refractivity contribution < 1.29 is 18.1 Å². The van der Waals surface area contributed by atoms with Crippen molar-refractivity contribution >= 4 is 10.1 Å². The van der Waals surface area contributed by atoms with Crippen molar-refractivity contribution in [1.29, 1.82) is 5.26 Å². The summed E-state index contributed by atoms with van der Waals surface area (Å²) in [7, 11) is -4.72. The van der Waals surface area contributed by atoms with Crippen LogP contribution >= 0.6 is 0 Å². The van der Waals surface area contributed by atoms with E-state index < -0.39 is 21.0 Å². The molecule has 6 heteroatoms. The Morgan fingerprint density at radius 1 is 1.55 bits per heavy atom. The van der Waals surface area contributed by atoms with Gasteiger partial charge in [0.15, 0.2) is 0 Å². The van der Waals surface area contributed by atoms with E-state index in [4.69, 9.17) is 14.9 Å². The normalized spacial score (nSPS) is 17.5. The van der Waals surface area contributed by atoms with Gasteiger partial charge in [0.2, 0.25) is 0 Å². The van der Waals surface area contributed by atoms with E-state index in [1.54, 1.807) is 0 Å². The van der Waals surface area contributed by atoms with Gasteiger partial charge < -0.3 is 5.11 Å². The van der Waals surface area contributed by atoms with Gasteiger partial charge >= 0.3 is 10.1 Å². The Morgan fingerprint density at radius 2 is 1.91 bits per heavy atom. The van der Waals surface area contributed by atoms with Gasteiger partial charge in [-0.15, -0.1) is 0 Å². The molecule has 0 aromatic heterocycles. The summed E-state index contributed by atoms with van der Waals surface area (Å²) in [5, 5.41) is 17.3. The Hall–Kier alpha value is -0.640. The third-order valence-corrected chi connectivity index (χ3v) is 2.69. The second-order valence-electron chi connectivity index (χ2n) is 2.44. The Balaban J connectivity index is 5.14. The van der Waals surface area contributed by atoms with Crippen LogP contribution in [0.4, 0.5) is 0 Å². The zero-order valence-electron chi connectivity index (χ0n) is 6.14. The SMILES string of the molecule is CC(C)C(O)(C#N)S(=O)(=O)O. The number of hydrogen-bond acceptors (Lipinski definition) is 4. The number of aliphatic hydroxyl groups is 1. The summed E-state index contributed by atoms with van der Waals surface area (Å²) in [6.45, 7) is 2.63. The summed E-state index contributed by atoms with van der Waals surface area (Å²) in [5.74, 6) is -0.873.